The second-order valence-electron chi connectivity index (χ2n) is 2.90. The first-order valence-electron chi connectivity index (χ1n) is 4.13. The van der Waals surface area contributed by atoms with Crippen LogP contribution in [0.15, 0.2) is 0 Å². The van der Waals surface area contributed by atoms with Crippen LogP contribution in [0.2, 0.25) is 0 Å². The van der Waals surface area contributed by atoms with Crippen LogP contribution in [0.1, 0.15) is 26.2 Å². The fourth-order valence-electron chi connectivity index (χ4n) is 1.40. The van der Waals surface area contributed by atoms with Gasteiger partial charge < -0.3 is 9.90 Å². The SMILES string of the molecule is CCC(C(=O)[O-])N1C(=O)CCC1=O. The molecule has 0 bridgehead atoms. The number of amides is 2. The zero-order valence-electron chi connectivity index (χ0n) is 7.28. The van der Waals surface area contributed by atoms with Crippen LogP contribution < -0.4 is 5.11 Å². The van der Waals surface area contributed by atoms with E-state index in [0.717, 1.165) is 4.90 Å². The van der Waals surface area contributed by atoms with E-state index in [2.05, 4.69) is 0 Å². The lowest BCUT2D eigenvalue weighted by Crippen LogP contribution is -2.49. The van der Waals surface area contributed by atoms with Gasteiger partial charge in [-0.15, -0.1) is 0 Å². The van der Waals surface area contributed by atoms with E-state index < -0.39 is 23.8 Å². The normalized spacial score (nSPS) is 19.3. The lowest BCUT2D eigenvalue weighted by molar-refractivity contribution is -0.311. The van der Waals surface area contributed by atoms with Crippen LogP contribution in [0.25, 0.3) is 0 Å². The summed E-state index contributed by atoms with van der Waals surface area (Å²) in [6, 6.07) is -1.09. The Morgan fingerprint density at radius 2 is 1.92 bits per heavy atom. The van der Waals surface area contributed by atoms with Gasteiger partial charge >= 0.3 is 0 Å². The summed E-state index contributed by atoms with van der Waals surface area (Å²) < 4.78 is 0. The third-order valence-electron chi connectivity index (χ3n) is 2.06. The van der Waals surface area contributed by atoms with Gasteiger partial charge in [-0.25, -0.2) is 0 Å². The number of carbonyl (C=O) groups is 3. The second kappa shape index (κ2) is 3.55. The molecule has 1 rings (SSSR count). The van der Waals surface area contributed by atoms with Gasteiger partial charge in [0, 0.05) is 12.8 Å². The zero-order valence-corrected chi connectivity index (χ0v) is 7.28. The summed E-state index contributed by atoms with van der Waals surface area (Å²) in [5, 5.41) is 10.6. The Hall–Kier alpha value is -1.39. The van der Waals surface area contributed by atoms with E-state index in [-0.39, 0.29) is 19.3 Å². The number of carboxylic acids is 1. The summed E-state index contributed by atoms with van der Waals surface area (Å²) in [5.74, 6) is -2.20. The van der Waals surface area contributed by atoms with Gasteiger partial charge in [0.05, 0.1) is 12.0 Å². The Labute approximate surface area is 75.3 Å². The Morgan fingerprint density at radius 3 is 2.23 bits per heavy atom. The highest BCUT2D eigenvalue weighted by Crippen LogP contribution is 2.16. The molecule has 0 N–H and O–H groups in total. The van der Waals surface area contributed by atoms with Crippen molar-refractivity contribution in [1.29, 1.82) is 0 Å². The number of hydrogen-bond acceptors (Lipinski definition) is 4. The summed E-state index contributed by atoms with van der Waals surface area (Å²) in [7, 11) is 0. The number of aliphatic carboxylic acids is 1. The standard InChI is InChI=1S/C8H11NO4/c1-2-5(8(12)13)9-6(10)3-4-7(9)11/h5H,2-4H2,1H3,(H,12,13)/p-1. The number of rotatable bonds is 3. The molecule has 0 aromatic rings. The molecule has 1 atom stereocenters. The van der Waals surface area contributed by atoms with Crippen molar-refractivity contribution in [3.63, 3.8) is 0 Å². The Bertz CT molecular complexity index is 245. The largest absolute Gasteiger partial charge is 0.548 e. The summed E-state index contributed by atoms with van der Waals surface area (Å²) in [6.45, 7) is 1.60. The number of nitrogens with zero attached hydrogens (tertiary/aromatic N) is 1. The van der Waals surface area contributed by atoms with Crippen molar-refractivity contribution in [3.8, 4) is 0 Å². The van der Waals surface area contributed by atoms with Crippen LogP contribution in [-0.4, -0.2) is 28.7 Å². The monoisotopic (exact) mass is 184 g/mol. The minimum atomic E-state index is -1.37. The summed E-state index contributed by atoms with van der Waals surface area (Å²) in [4.78, 5) is 33.6. The van der Waals surface area contributed by atoms with Crippen molar-refractivity contribution < 1.29 is 19.5 Å². The molecule has 0 spiro atoms. The third kappa shape index (κ3) is 1.68. The van der Waals surface area contributed by atoms with Gasteiger partial charge in [-0.1, -0.05) is 6.92 Å². The number of imide groups is 1. The quantitative estimate of drug-likeness (QED) is 0.509. The Morgan fingerprint density at radius 1 is 1.46 bits per heavy atom. The molecule has 5 heteroatoms. The second-order valence-corrected chi connectivity index (χ2v) is 2.90. The molecular formula is C8H10NO4-. The molecule has 2 amide bonds. The topological polar surface area (TPSA) is 77.5 Å². The van der Waals surface area contributed by atoms with Gasteiger partial charge in [-0.05, 0) is 6.42 Å². The smallest absolute Gasteiger partial charge is 0.230 e. The highest BCUT2D eigenvalue weighted by Gasteiger charge is 2.34. The molecule has 0 radical (unpaired) electrons. The molecule has 1 heterocycles. The minimum Gasteiger partial charge on any atom is -0.548 e. The van der Waals surface area contributed by atoms with E-state index in [9.17, 15) is 19.5 Å². The van der Waals surface area contributed by atoms with E-state index in [4.69, 9.17) is 0 Å². The van der Waals surface area contributed by atoms with E-state index in [1.54, 1.807) is 6.92 Å². The highest BCUT2D eigenvalue weighted by atomic mass is 16.4. The van der Waals surface area contributed by atoms with Crippen molar-refractivity contribution >= 4 is 17.8 Å². The summed E-state index contributed by atoms with van der Waals surface area (Å²) in [5.41, 5.74) is 0. The molecule has 0 saturated carbocycles. The predicted octanol–water partition coefficient (Wildman–Crippen LogP) is -1.34. The van der Waals surface area contributed by atoms with E-state index in [1.807, 2.05) is 0 Å². The zero-order chi connectivity index (χ0) is 10.0. The molecule has 1 unspecified atom stereocenters. The maximum Gasteiger partial charge on any atom is 0.230 e. The minimum absolute atomic E-state index is 0.114. The van der Waals surface area contributed by atoms with Gasteiger partial charge in [0.2, 0.25) is 11.8 Å². The fraction of sp³-hybridized carbons (Fsp3) is 0.625. The first-order chi connectivity index (χ1) is 6.07. The molecule has 0 aromatic carbocycles. The number of carboxylic acid groups (broad SMARTS) is 1. The molecule has 5 nitrogen and oxygen atoms in total. The first kappa shape index (κ1) is 9.70. The lowest BCUT2D eigenvalue weighted by atomic mass is 10.2. The van der Waals surface area contributed by atoms with Crippen molar-refractivity contribution in [2.45, 2.75) is 32.2 Å². The maximum absolute atomic E-state index is 11.1. The van der Waals surface area contributed by atoms with Gasteiger partial charge in [0.25, 0.3) is 0 Å². The average molecular weight is 184 g/mol. The van der Waals surface area contributed by atoms with Crippen molar-refractivity contribution in [2.75, 3.05) is 0 Å². The van der Waals surface area contributed by atoms with Crippen LogP contribution in [0.3, 0.4) is 0 Å². The van der Waals surface area contributed by atoms with Gasteiger partial charge in [0.1, 0.15) is 0 Å². The van der Waals surface area contributed by atoms with Crippen LogP contribution in [0.5, 0.6) is 0 Å². The van der Waals surface area contributed by atoms with Crippen molar-refractivity contribution in [3.05, 3.63) is 0 Å². The number of carbonyl (C=O) groups excluding carboxylic acids is 3. The van der Waals surface area contributed by atoms with Crippen LogP contribution in [-0.2, 0) is 14.4 Å². The Kier molecular flexibility index (Phi) is 2.65. The van der Waals surface area contributed by atoms with Crippen molar-refractivity contribution in [1.82, 2.24) is 4.90 Å². The molecule has 72 valence electrons. The van der Waals surface area contributed by atoms with E-state index in [1.165, 1.54) is 0 Å². The number of hydrogen-bond donors (Lipinski definition) is 0. The van der Waals surface area contributed by atoms with Gasteiger partial charge in [0.15, 0.2) is 0 Å². The molecule has 1 fully saturated rings. The van der Waals surface area contributed by atoms with E-state index in [0.29, 0.717) is 0 Å². The van der Waals surface area contributed by atoms with Crippen LogP contribution >= 0.6 is 0 Å². The lowest BCUT2D eigenvalue weighted by Gasteiger charge is -2.25. The fourth-order valence-corrected chi connectivity index (χ4v) is 1.40. The molecule has 0 aromatic heterocycles. The maximum atomic E-state index is 11.1. The predicted molar refractivity (Wildman–Crippen MR) is 40.2 cm³/mol. The number of likely N-dealkylation sites (tertiary alicyclic amines) is 1. The van der Waals surface area contributed by atoms with Crippen LogP contribution in [0.4, 0.5) is 0 Å². The summed E-state index contributed by atoms with van der Waals surface area (Å²) in [6.07, 6.45) is 0.422. The average Bonchev–Trinajstić information content (AvgIpc) is 2.36. The summed E-state index contributed by atoms with van der Waals surface area (Å²) >= 11 is 0. The van der Waals surface area contributed by atoms with E-state index >= 15 is 0 Å². The third-order valence-corrected chi connectivity index (χ3v) is 2.06. The van der Waals surface area contributed by atoms with Crippen molar-refractivity contribution in [2.24, 2.45) is 0 Å². The van der Waals surface area contributed by atoms with Gasteiger partial charge in [-0.3, -0.25) is 14.5 Å². The van der Waals surface area contributed by atoms with Gasteiger partial charge in [-0.2, -0.15) is 0 Å². The molecule has 13 heavy (non-hydrogen) atoms. The first-order valence-corrected chi connectivity index (χ1v) is 4.13. The Balaban J connectivity index is 2.84. The molecule has 1 aliphatic rings. The molecule has 0 aliphatic carbocycles. The highest BCUT2D eigenvalue weighted by molar-refractivity contribution is 6.04. The van der Waals surface area contributed by atoms with Crippen LogP contribution in [0, 0.1) is 0 Å². The molecular weight excluding hydrogens is 174 g/mol. The molecule has 1 aliphatic heterocycles. The molecule has 1 saturated heterocycles.